The fourth-order valence-corrected chi connectivity index (χ4v) is 4.46. The molecule has 0 saturated heterocycles. The van der Waals surface area contributed by atoms with E-state index in [9.17, 15) is 19.5 Å². The number of hydrogen-bond donors (Lipinski definition) is 3. The maximum Gasteiger partial charge on any atom is 0.408 e. The lowest BCUT2D eigenvalue weighted by Gasteiger charge is -2.35. The zero-order valence-corrected chi connectivity index (χ0v) is 25.1. The Morgan fingerprint density at radius 3 is 2.12 bits per heavy atom. The average Bonchev–Trinajstić information content (AvgIpc) is 2.86. The molecule has 3 N–H and O–H groups in total. The molecular weight excluding hydrogens is 506 g/mol. The van der Waals surface area contributed by atoms with Crippen LogP contribution in [-0.4, -0.2) is 52.1 Å². The Labute approximate surface area is 239 Å². The summed E-state index contributed by atoms with van der Waals surface area (Å²) in [7, 11) is 0. The standard InChI is InChI=1S/C32H47N3O5/c1-8-10-20-35(28(25-16-12-22(3)13-17-25)29(37)33-23(4)11-9-2)30(38)27(34-31(39)40-32(5,6)7)21-24-14-18-26(36)19-15-24/h12-19,23,27-28,36H,8-11,20-21H2,1-7H3,(H,33,37)(H,34,39). The summed E-state index contributed by atoms with van der Waals surface area (Å²) < 4.78 is 5.48. The van der Waals surface area contributed by atoms with Crippen molar-refractivity contribution >= 4 is 17.9 Å². The Morgan fingerprint density at radius 2 is 1.57 bits per heavy atom. The van der Waals surface area contributed by atoms with Crippen LogP contribution in [0.5, 0.6) is 5.75 Å². The normalized spacial score (nSPS) is 13.6. The molecule has 0 aliphatic heterocycles. The van der Waals surface area contributed by atoms with Crippen LogP contribution in [0, 0.1) is 6.92 Å². The van der Waals surface area contributed by atoms with Gasteiger partial charge in [-0.3, -0.25) is 9.59 Å². The topological polar surface area (TPSA) is 108 Å². The molecule has 2 aromatic carbocycles. The van der Waals surface area contributed by atoms with Gasteiger partial charge < -0.3 is 25.4 Å². The number of carbonyl (C=O) groups is 3. The quantitative estimate of drug-likeness (QED) is 0.290. The molecule has 8 heteroatoms. The summed E-state index contributed by atoms with van der Waals surface area (Å²) in [5.41, 5.74) is 1.75. The Bertz CT molecular complexity index is 1090. The first-order chi connectivity index (χ1) is 18.8. The van der Waals surface area contributed by atoms with Gasteiger partial charge in [-0.2, -0.15) is 0 Å². The average molecular weight is 554 g/mol. The van der Waals surface area contributed by atoms with Gasteiger partial charge in [0.1, 0.15) is 23.4 Å². The first-order valence-electron chi connectivity index (χ1n) is 14.3. The zero-order valence-electron chi connectivity index (χ0n) is 25.1. The molecular formula is C32H47N3O5. The number of hydrogen-bond acceptors (Lipinski definition) is 5. The zero-order chi connectivity index (χ0) is 29.9. The van der Waals surface area contributed by atoms with Crippen molar-refractivity contribution < 1.29 is 24.2 Å². The van der Waals surface area contributed by atoms with Gasteiger partial charge in [-0.05, 0) is 70.7 Å². The van der Waals surface area contributed by atoms with E-state index in [1.54, 1.807) is 37.8 Å². The predicted molar refractivity (Wildman–Crippen MR) is 158 cm³/mol. The van der Waals surface area contributed by atoms with E-state index in [4.69, 9.17) is 4.74 Å². The number of carbonyl (C=O) groups excluding carboxylic acids is 3. The number of nitrogens with zero attached hydrogens (tertiary/aromatic N) is 1. The second kappa shape index (κ2) is 15.3. The first kappa shape index (κ1) is 32.7. The van der Waals surface area contributed by atoms with Gasteiger partial charge in [0.2, 0.25) is 11.8 Å². The number of amides is 3. The van der Waals surface area contributed by atoms with E-state index in [1.165, 1.54) is 12.1 Å². The summed E-state index contributed by atoms with van der Waals surface area (Å²) in [5.74, 6) is -0.528. The van der Waals surface area contributed by atoms with E-state index in [0.29, 0.717) is 18.5 Å². The fourth-order valence-electron chi connectivity index (χ4n) is 4.46. The molecule has 0 heterocycles. The second-order valence-corrected chi connectivity index (χ2v) is 11.5. The number of aromatic hydroxyl groups is 1. The lowest BCUT2D eigenvalue weighted by Crippen LogP contribution is -2.54. The Hall–Kier alpha value is -3.55. The lowest BCUT2D eigenvalue weighted by atomic mass is 9.98. The number of ether oxygens (including phenoxy) is 1. The van der Waals surface area contributed by atoms with Gasteiger partial charge in [0.25, 0.3) is 0 Å². The molecule has 3 amide bonds. The number of alkyl carbamates (subject to hydrolysis) is 1. The van der Waals surface area contributed by atoms with Gasteiger partial charge in [0, 0.05) is 19.0 Å². The van der Waals surface area contributed by atoms with Crippen LogP contribution in [-0.2, 0) is 20.7 Å². The summed E-state index contributed by atoms with van der Waals surface area (Å²) in [4.78, 5) is 42.6. The number of phenolic OH excluding ortho intramolecular Hbond substituents is 1. The Kier molecular flexibility index (Phi) is 12.5. The highest BCUT2D eigenvalue weighted by atomic mass is 16.6. The molecule has 3 unspecified atom stereocenters. The molecule has 0 aliphatic rings. The fraction of sp³-hybridized carbons (Fsp3) is 0.531. The SMILES string of the molecule is CCCCN(C(=O)C(Cc1ccc(O)cc1)NC(=O)OC(C)(C)C)C(C(=O)NC(C)CCC)c1ccc(C)cc1. The first-order valence-corrected chi connectivity index (χ1v) is 14.3. The van der Waals surface area contributed by atoms with Gasteiger partial charge >= 0.3 is 6.09 Å². The van der Waals surface area contributed by atoms with Crippen molar-refractivity contribution in [2.45, 2.75) is 104 Å². The van der Waals surface area contributed by atoms with Gasteiger partial charge in [-0.25, -0.2) is 4.79 Å². The number of phenols is 1. The minimum atomic E-state index is -0.995. The Morgan fingerprint density at radius 1 is 0.950 bits per heavy atom. The van der Waals surface area contributed by atoms with Crippen LogP contribution in [0.3, 0.4) is 0 Å². The number of nitrogens with one attached hydrogen (secondary N) is 2. The molecule has 0 saturated carbocycles. The highest BCUT2D eigenvalue weighted by Crippen LogP contribution is 2.25. The third-order valence-corrected chi connectivity index (χ3v) is 6.46. The van der Waals surface area contributed by atoms with Crippen molar-refractivity contribution in [3.63, 3.8) is 0 Å². The van der Waals surface area contributed by atoms with Crippen molar-refractivity contribution in [2.24, 2.45) is 0 Å². The molecule has 0 fully saturated rings. The minimum absolute atomic E-state index is 0.0544. The van der Waals surface area contributed by atoms with E-state index in [1.807, 2.05) is 45.0 Å². The van der Waals surface area contributed by atoms with Crippen molar-refractivity contribution in [1.82, 2.24) is 15.5 Å². The maximum absolute atomic E-state index is 14.3. The van der Waals surface area contributed by atoms with Crippen LogP contribution in [0.1, 0.15) is 90.0 Å². The van der Waals surface area contributed by atoms with Crippen molar-refractivity contribution in [3.8, 4) is 5.75 Å². The number of benzene rings is 2. The lowest BCUT2D eigenvalue weighted by molar-refractivity contribution is -0.142. The van der Waals surface area contributed by atoms with Crippen molar-refractivity contribution in [2.75, 3.05) is 6.54 Å². The van der Waals surface area contributed by atoms with E-state index in [2.05, 4.69) is 17.6 Å². The molecule has 0 bridgehead atoms. The molecule has 0 spiro atoms. The van der Waals surface area contributed by atoms with Gasteiger partial charge in [-0.1, -0.05) is 68.7 Å². The smallest absolute Gasteiger partial charge is 0.408 e. The van der Waals surface area contributed by atoms with Crippen LogP contribution in [0.2, 0.25) is 0 Å². The highest BCUT2D eigenvalue weighted by Gasteiger charge is 2.36. The van der Waals surface area contributed by atoms with Crippen LogP contribution in [0.25, 0.3) is 0 Å². The van der Waals surface area contributed by atoms with Gasteiger partial charge in [0.05, 0.1) is 0 Å². The largest absolute Gasteiger partial charge is 0.508 e. The third-order valence-electron chi connectivity index (χ3n) is 6.46. The number of aryl methyl sites for hydroxylation is 1. The highest BCUT2D eigenvalue weighted by molar-refractivity contribution is 5.92. The predicted octanol–water partition coefficient (Wildman–Crippen LogP) is 5.81. The Balaban J connectivity index is 2.54. The summed E-state index contributed by atoms with van der Waals surface area (Å²) >= 11 is 0. The minimum Gasteiger partial charge on any atom is -0.508 e. The van der Waals surface area contributed by atoms with Crippen LogP contribution < -0.4 is 10.6 Å². The van der Waals surface area contributed by atoms with E-state index in [-0.39, 0.29) is 30.0 Å². The van der Waals surface area contributed by atoms with Crippen LogP contribution in [0.4, 0.5) is 4.79 Å². The van der Waals surface area contributed by atoms with Gasteiger partial charge in [-0.15, -0.1) is 0 Å². The molecule has 0 aliphatic carbocycles. The monoisotopic (exact) mass is 553 g/mol. The van der Waals surface area contributed by atoms with Crippen molar-refractivity contribution in [3.05, 3.63) is 65.2 Å². The van der Waals surface area contributed by atoms with Crippen molar-refractivity contribution in [1.29, 1.82) is 0 Å². The summed E-state index contributed by atoms with van der Waals surface area (Å²) in [6, 6.07) is 12.2. The molecule has 3 atom stereocenters. The second-order valence-electron chi connectivity index (χ2n) is 11.5. The molecule has 220 valence electrons. The summed E-state index contributed by atoms with van der Waals surface area (Å²) in [5, 5.41) is 15.6. The molecule has 0 radical (unpaired) electrons. The molecule has 2 rings (SSSR count). The number of rotatable bonds is 13. The molecule has 8 nitrogen and oxygen atoms in total. The van der Waals surface area contributed by atoms with E-state index in [0.717, 1.165) is 30.4 Å². The van der Waals surface area contributed by atoms with Crippen LogP contribution in [0.15, 0.2) is 48.5 Å². The maximum atomic E-state index is 14.3. The van der Waals surface area contributed by atoms with E-state index < -0.39 is 23.8 Å². The molecule has 40 heavy (non-hydrogen) atoms. The van der Waals surface area contributed by atoms with Crippen LogP contribution >= 0.6 is 0 Å². The number of unbranched alkanes of at least 4 members (excludes halogenated alkanes) is 1. The van der Waals surface area contributed by atoms with E-state index >= 15 is 0 Å². The molecule has 0 aromatic heterocycles. The summed E-state index contributed by atoms with van der Waals surface area (Å²) in [6.45, 7) is 13.6. The third kappa shape index (κ3) is 10.5. The van der Waals surface area contributed by atoms with Gasteiger partial charge in [0.15, 0.2) is 0 Å². The summed E-state index contributed by atoms with van der Waals surface area (Å²) in [6.07, 6.45) is 2.69. The molecule has 2 aromatic rings.